The molecule has 36 valence electrons. The van der Waals surface area contributed by atoms with Crippen molar-refractivity contribution >= 4 is 7.98 Å². The van der Waals surface area contributed by atoms with Crippen LogP contribution in [-0.4, -0.2) is 7.98 Å². The fourth-order valence-corrected chi connectivity index (χ4v) is 0. The first kappa shape index (κ1) is 106. The molecule has 0 aromatic heterocycles. The Kier molecular flexibility index (Phi) is 18600. The van der Waals surface area contributed by atoms with Crippen LogP contribution in [0.1, 0.15) is 0 Å². The van der Waals surface area contributed by atoms with Crippen molar-refractivity contribution in [2.24, 2.45) is 5.64 Å². The van der Waals surface area contributed by atoms with Gasteiger partial charge in [0.25, 0.3) is 0 Å². The highest BCUT2D eigenvalue weighted by atomic mass is 19.0. The fraction of sp³-hybridized carbons (Fsp3) is 0. The molecule has 0 aromatic rings. The standard InChI is InChI=1S/BH4N.3FH/c1-2;;;/h1-2H2;3*1H. The van der Waals surface area contributed by atoms with Gasteiger partial charge in [0, 0.05) is 0 Å². The minimum Gasteiger partial charge on any atom is -0.376 e. The first-order valence-electron chi connectivity index (χ1n) is 0.577. The van der Waals surface area contributed by atoms with Crippen molar-refractivity contribution < 1.29 is 14.1 Å². The molecule has 0 rings (SSSR count). The van der Waals surface area contributed by atoms with Crippen LogP contribution in [0.2, 0.25) is 0 Å². The van der Waals surface area contributed by atoms with Gasteiger partial charge < -0.3 is 5.64 Å². The van der Waals surface area contributed by atoms with E-state index in [1.165, 1.54) is 7.98 Å². The molecule has 0 heterocycles. The van der Waals surface area contributed by atoms with E-state index in [0.29, 0.717) is 0 Å². The molecule has 0 fully saturated rings. The van der Waals surface area contributed by atoms with Gasteiger partial charge in [0.2, 0.25) is 0 Å². The highest BCUT2D eigenvalue weighted by Crippen LogP contribution is 0.422. The van der Waals surface area contributed by atoms with E-state index in [1.54, 1.807) is 0 Å². The lowest BCUT2D eigenvalue weighted by atomic mass is 10.5. The van der Waals surface area contributed by atoms with E-state index >= 15 is 0 Å². The zero-order chi connectivity index (χ0) is 2.00. The van der Waals surface area contributed by atoms with Gasteiger partial charge in [-0.05, 0) is 0 Å². The Hall–Kier alpha value is -0.185. The van der Waals surface area contributed by atoms with Crippen molar-refractivity contribution in [2.75, 3.05) is 0 Å². The molecule has 0 atom stereocenters. The van der Waals surface area contributed by atoms with Crippen LogP contribution in [0.4, 0.5) is 14.1 Å². The van der Waals surface area contributed by atoms with Crippen molar-refractivity contribution in [3.63, 3.8) is 0 Å². The molecule has 0 saturated heterocycles. The maximum Gasteiger partial charge on any atom is 0.178 e. The van der Waals surface area contributed by atoms with Crippen LogP contribution in [0.3, 0.4) is 0 Å². The molecule has 0 unspecified atom stereocenters. The van der Waals surface area contributed by atoms with Crippen LogP contribution >= 0.6 is 0 Å². The summed E-state index contributed by atoms with van der Waals surface area (Å²) in [6.07, 6.45) is 0. The van der Waals surface area contributed by atoms with Crippen LogP contribution in [0, 0.1) is 0 Å². The second-order valence-corrected chi connectivity index (χ2v) is 0. The molecule has 0 spiro atoms. The first-order valence-corrected chi connectivity index (χ1v) is 0.577. The Balaban J connectivity index is -0.00000000167. The minimum atomic E-state index is 0. The Morgan fingerprint density at radius 1 is 0.800 bits per heavy atom. The average Bonchev–Trinajstić information content (AvgIpc) is 1.00. The van der Waals surface area contributed by atoms with Crippen LogP contribution in [0.25, 0.3) is 0 Å². The van der Waals surface area contributed by atoms with Gasteiger partial charge in [0.1, 0.15) is 0 Å². The van der Waals surface area contributed by atoms with Gasteiger partial charge in [-0.15, -0.1) is 0 Å². The molecule has 0 saturated carbocycles. The van der Waals surface area contributed by atoms with Crippen molar-refractivity contribution in [2.45, 2.75) is 0 Å². The van der Waals surface area contributed by atoms with Gasteiger partial charge in [-0.25, -0.2) is 0 Å². The van der Waals surface area contributed by atoms with Crippen molar-refractivity contribution in [3.8, 4) is 0 Å². The van der Waals surface area contributed by atoms with Gasteiger partial charge in [0.05, 0.1) is 0 Å². The molecular weight excluding hydrogens is 81.8 g/mol. The summed E-state index contributed by atoms with van der Waals surface area (Å²) in [5.74, 6) is 0. The highest BCUT2D eigenvalue weighted by Gasteiger charge is 0.939. The summed E-state index contributed by atoms with van der Waals surface area (Å²) in [5, 5.41) is 0. The molecule has 5 heavy (non-hydrogen) atoms. The van der Waals surface area contributed by atoms with E-state index in [2.05, 4.69) is 5.64 Å². The molecule has 5 heteroatoms. The summed E-state index contributed by atoms with van der Waals surface area (Å²) >= 11 is 0. The smallest absolute Gasteiger partial charge is 0.178 e. The third kappa shape index (κ3) is 367. The van der Waals surface area contributed by atoms with Crippen molar-refractivity contribution in [1.82, 2.24) is 0 Å². The van der Waals surface area contributed by atoms with E-state index in [9.17, 15) is 0 Å². The Morgan fingerprint density at radius 3 is 0.800 bits per heavy atom. The summed E-state index contributed by atoms with van der Waals surface area (Å²) in [4.78, 5) is 0. The van der Waals surface area contributed by atoms with E-state index in [-0.39, 0.29) is 14.1 Å². The molecular formula is H7BF3N. The SMILES string of the molecule is BN.F.F.F. The molecule has 0 bridgehead atoms. The van der Waals surface area contributed by atoms with E-state index < -0.39 is 0 Å². The zero-order valence-electron chi connectivity index (χ0n) is 2.80. The average molecular weight is 88.9 g/mol. The monoisotopic (exact) mass is 89.1 g/mol. The fourth-order valence-electron chi connectivity index (χ4n) is 0. The number of rotatable bonds is 0. The molecule has 0 aliphatic heterocycles. The summed E-state index contributed by atoms with van der Waals surface area (Å²) < 4.78 is 0. The lowest BCUT2D eigenvalue weighted by Crippen LogP contribution is -1.75. The van der Waals surface area contributed by atoms with Crippen LogP contribution in [0.15, 0.2) is 0 Å². The Bertz CT molecular complexity index is 6.85. The van der Waals surface area contributed by atoms with Gasteiger partial charge >= 0.3 is 0 Å². The van der Waals surface area contributed by atoms with Crippen LogP contribution in [0.5, 0.6) is 0 Å². The second kappa shape index (κ2) is 883. The van der Waals surface area contributed by atoms with Crippen molar-refractivity contribution in [3.05, 3.63) is 0 Å². The summed E-state index contributed by atoms with van der Waals surface area (Å²) in [6.45, 7) is 0. The normalized spacial score (nSPS) is 1.00. The number of hydrogen-bond acceptors (Lipinski definition) is 1. The summed E-state index contributed by atoms with van der Waals surface area (Å²) in [6, 6.07) is 0. The zero-order valence-corrected chi connectivity index (χ0v) is 2.80. The van der Waals surface area contributed by atoms with E-state index in [1.807, 2.05) is 0 Å². The Labute approximate surface area is 29.1 Å². The third-order valence-corrected chi connectivity index (χ3v) is 0. The predicted molar refractivity (Wildman–Crippen MR) is 20.2 cm³/mol. The van der Waals surface area contributed by atoms with Gasteiger partial charge in [-0.3, -0.25) is 14.1 Å². The lowest BCUT2D eigenvalue weighted by molar-refractivity contribution is 1.11. The minimum absolute atomic E-state index is 0. The topological polar surface area (TPSA) is 26.0 Å². The lowest BCUT2D eigenvalue weighted by Gasteiger charge is -1.14. The molecule has 0 radical (unpaired) electrons. The molecule has 0 aliphatic carbocycles. The van der Waals surface area contributed by atoms with Gasteiger partial charge in [0.15, 0.2) is 7.98 Å². The van der Waals surface area contributed by atoms with Crippen molar-refractivity contribution in [1.29, 1.82) is 0 Å². The van der Waals surface area contributed by atoms with Gasteiger partial charge in [-0.2, -0.15) is 0 Å². The predicted octanol–water partition coefficient (Wildman–Crippen LogP) is -1.05. The quantitative estimate of drug-likeness (QED) is 0.376. The number of halogens is 3. The first-order chi connectivity index (χ1) is 1.00. The number of nitrogens with two attached hydrogens (primary N) is 1. The second-order valence-electron chi connectivity index (χ2n) is 0. The molecule has 2 N–H and O–H groups in total. The molecule has 0 aromatic carbocycles. The highest BCUT2D eigenvalue weighted by molar-refractivity contribution is 6.02. The summed E-state index contributed by atoms with van der Waals surface area (Å²) in [5.41, 5.74) is 4.50. The number of hydrogen-bond donors (Lipinski definition) is 1. The maximum atomic E-state index is 4.50. The molecule has 0 aliphatic rings. The molecule has 1 nitrogen and oxygen atoms in total. The van der Waals surface area contributed by atoms with E-state index in [4.69, 9.17) is 0 Å². The van der Waals surface area contributed by atoms with Crippen LogP contribution < -0.4 is 5.64 Å². The maximum absolute atomic E-state index is 4.50. The molecule has 0 amide bonds. The third-order valence-electron chi connectivity index (χ3n) is 0. The summed E-state index contributed by atoms with van der Waals surface area (Å²) in [7, 11) is 1.50. The van der Waals surface area contributed by atoms with Gasteiger partial charge in [-0.1, -0.05) is 0 Å². The largest absolute Gasteiger partial charge is 0.376 e. The van der Waals surface area contributed by atoms with Crippen LogP contribution in [-0.2, 0) is 0 Å². The Morgan fingerprint density at radius 2 is 0.800 bits per heavy atom. The van der Waals surface area contributed by atoms with E-state index in [0.717, 1.165) is 0 Å².